The maximum absolute atomic E-state index is 5.72. The molecule has 0 saturated carbocycles. The molecule has 1 nitrogen and oxygen atoms in total. The molecule has 0 aliphatic rings. The van der Waals surface area contributed by atoms with Gasteiger partial charge in [-0.05, 0) is 54.6 Å². The number of hydrogen-bond donors (Lipinski definition) is 0. The molecule has 1 aromatic rings. The minimum atomic E-state index is 0. The molecule has 84 valence electrons. The summed E-state index contributed by atoms with van der Waals surface area (Å²) in [6.45, 7) is 5.67. The van der Waals surface area contributed by atoms with Crippen LogP contribution in [0.1, 0.15) is 13.8 Å². The van der Waals surface area contributed by atoms with Crippen molar-refractivity contribution in [3.05, 3.63) is 31.8 Å². The molecule has 1 rings (SSSR count). The Hall–Kier alpha value is 1.26. The Bertz CT molecular complexity index is 270. The van der Waals surface area contributed by atoms with Gasteiger partial charge in [0.15, 0.2) is 0 Å². The third-order valence-electron chi connectivity index (χ3n) is 1.29. The maximum Gasteiger partial charge on any atom is 0.316 e. The zero-order valence-corrected chi connectivity index (χ0v) is 11.9. The van der Waals surface area contributed by atoms with E-state index in [1.54, 1.807) is 6.07 Å². The minimum absolute atomic E-state index is 0. The Morgan fingerprint density at radius 1 is 1.20 bits per heavy atom. The molecule has 0 N–H and O–H groups in total. The Labute approximate surface area is 131 Å². The normalized spacial score (nSPS) is 8.60. The van der Waals surface area contributed by atoms with Crippen LogP contribution in [0.2, 0.25) is 10.0 Å². The SMILES string of the molecule is CCOCC.Clc1ccc(I)c(Cl)c1.[MgH2]. The predicted octanol–water partition coefficient (Wildman–Crippen LogP) is 3.72. The van der Waals surface area contributed by atoms with Crippen LogP contribution >= 0.6 is 45.8 Å². The Kier molecular flexibility index (Phi) is 14.6. The van der Waals surface area contributed by atoms with E-state index < -0.39 is 0 Å². The van der Waals surface area contributed by atoms with Crippen molar-refractivity contribution in [3.63, 3.8) is 0 Å². The second kappa shape index (κ2) is 11.7. The van der Waals surface area contributed by atoms with Crippen LogP contribution in [-0.4, -0.2) is 36.3 Å². The Morgan fingerprint density at radius 3 is 2.00 bits per heavy atom. The van der Waals surface area contributed by atoms with Gasteiger partial charge < -0.3 is 4.74 Å². The van der Waals surface area contributed by atoms with E-state index in [0.717, 1.165) is 16.8 Å². The van der Waals surface area contributed by atoms with Gasteiger partial charge in [-0.15, -0.1) is 0 Å². The van der Waals surface area contributed by atoms with Crippen molar-refractivity contribution in [1.29, 1.82) is 0 Å². The van der Waals surface area contributed by atoms with Crippen molar-refractivity contribution in [2.24, 2.45) is 0 Å². The topological polar surface area (TPSA) is 9.23 Å². The summed E-state index contributed by atoms with van der Waals surface area (Å²) in [6.07, 6.45) is 0. The fourth-order valence-electron chi connectivity index (χ4n) is 0.675. The van der Waals surface area contributed by atoms with Gasteiger partial charge in [0, 0.05) is 21.8 Å². The second-order valence-electron chi connectivity index (χ2n) is 2.34. The van der Waals surface area contributed by atoms with Crippen LogP contribution in [0.25, 0.3) is 0 Å². The third-order valence-corrected chi connectivity index (χ3v) is 3.10. The minimum Gasteiger partial charge on any atom is -0.382 e. The number of benzene rings is 1. The molecule has 0 fully saturated rings. The van der Waals surface area contributed by atoms with E-state index in [2.05, 4.69) is 22.6 Å². The summed E-state index contributed by atoms with van der Waals surface area (Å²) in [5.74, 6) is 0. The highest BCUT2D eigenvalue weighted by Crippen LogP contribution is 2.21. The van der Waals surface area contributed by atoms with E-state index in [0.29, 0.717) is 10.0 Å². The molecule has 0 spiro atoms. The average molecular weight is 373 g/mol. The molecular weight excluding hydrogens is 358 g/mol. The van der Waals surface area contributed by atoms with Gasteiger partial charge in [-0.1, -0.05) is 23.2 Å². The fraction of sp³-hybridized carbons (Fsp3) is 0.400. The molecule has 15 heavy (non-hydrogen) atoms. The molecule has 5 heteroatoms. The smallest absolute Gasteiger partial charge is 0.316 e. The van der Waals surface area contributed by atoms with Gasteiger partial charge in [0.1, 0.15) is 0 Å². The highest BCUT2D eigenvalue weighted by atomic mass is 127. The van der Waals surface area contributed by atoms with E-state index in [-0.39, 0.29) is 23.1 Å². The average Bonchev–Trinajstić information content (AvgIpc) is 2.14. The molecule has 0 atom stereocenters. The molecule has 0 aliphatic heterocycles. The maximum atomic E-state index is 5.72. The Morgan fingerprint density at radius 2 is 1.73 bits per heavy atom. The van der Waals surface area contributed by atoms with Gasteiger partial charge >= 0.3 is 23.1 Å². The van der Waals surface area contributed by atoms with Gasteiger partial charge in [-0.3, -0.25) is 0 Å². The van der Waals surface area contributed by atoms with E-state index in [1.807, 2.05) is 26.0 Å². The quantitative estimate of drug-likeness (QED) is 0.436. The highest BCUT2D eigenvalue weighted by molar-refractivity contribution is 14.1. The Balaban J connectivity index is 0. The first-order chi connectivity index (χ1) is 6.61. The summed E-state index contributed by atoms with van der Waals surface area (Å²) in [5, 5.41) is 1.39. The van der Waals surface area contributed by atoms with Gasteiger partial charge in [-0.25, -0.2) is 0 Å². The molecule has 0 heterocycles. The second-order valence-corrected chi connectivity index (χ2v) is 4.35. The molecule has 0 saturated heterocycles. The number of hydrogen-bond acceptors (Lipinski definition) is 1. The van der Waals surface area contributed by atoms with Gasteiger partial charge in [-0.2, -0.15) is 0 Å². The number of rotatable bonds is 2. The predicted molar refractivity (Wildman–Crippen MR) is 79.9 cm³/mol. The lowest BCUT2D eigenvalue weighted by Gasteiger charge is -1.93. The lowest BCUT2D eigenvalue weighted by atomic mass is 10.4. The standard InChI is InChI=1S/C6H3Cl2I.C4H10O.Mg.2H/c7-4-1-2-6(9)5(8)3-4;1-3-5-4-2;;;/h1-3H;3-4H2,1-2H3;;;. The zero-order valence-electron chi connectivity index (χ0n) is 8.19. The molecule has 0 aromatic heterocycles. The highest BCUT2D eigenvalue weighted by Gasteiger charge is 1.94. The van der Waals surface area contributed by atoms with Crippen molar-refractivity contribution >= 4 is 68.8 Å². The molecular formula is C10H15Cl2IMgO. The molecule has 1 aromatic carbocycles. The summed E-state index contributed by atoms with van der Waals surface area (Å²) < 4.78 is 5.86. The first-order valence-corrected chi connectivity index (χ1v) is 6.13. The van der Waals surface area contributed by atoms with Gasteiger partial charge in [0.2, 0.25) is 0 Å². The van der Waals surface area contributed by atoms with Crippen molar-refractivity contribution in [2.75, 3.05) is 13.2 Å². The fourth-order valence-corrected chi connectivity index (χ4v) is 1.42. The van der Waals surface area contributed by atoms with Crippen molar-refractivity contribution < 1.29 is 4.74 Å². The van der Waals surface area contributed by atoms with E-state index >= 15 is 0 Å². The van der Waals surface area contributed by atoms with Crippen LogP contribution in [0.15, 0.2) is 18.2 Å². The van der Waals surface area contributed by atoms with Crippen LogP contribution < -0.4 is 0 Å². The van der Waals surface area contributed by atoms with Crippen LogP contribution in [0.3, 0.4) is 0 Å². The molecule has 0 bridgehead atoms. The lowest BCUT2D eigenvalue weighted by molar-refractivity contribution is 0.162. The number of ether oxygens (including phenoxy) is 1. The van der Waals surface area contributed by atoms with Crippen LogP contribution in [0.5, 0.6) is 0 Å². The van der Waals surface area contributed by atoms with Crippen molar-refractivity contribution in [3.8, 4) is 0 Å². The first-order valence-electron chi connectivity index (χ1n) is 4.30. The third kappa shape index (κ3) is 10.1. The van der Waals surface area contributed by atoms with Crippen LogP contribution in [0.4, 0.5) is 0 Å². The summed E-state index contributed by atoms with van der Waals surface area (Å²) in [4.78, 5) is 0. The van der Waals surface area contributed by atoms with Crippen molar-refractivity contribution in [2.45, 2.75) is 13.8 Å². The molecule has 0 aliphatic carbocycles. The summed E-state index contributed by atoms with van der Waals surface area (Å²) >= 11 is 13.5. The summed E-state index contributed by atoms with van der Waals surface area (Å²) in [6, 6.07) is 5.42. The summed E-state index contributed by atoms with van der Waals surface area (Å²) in [7, 11) is 0. The summed E-state index contributed by atoms with van der Waals surface area (Å²) in [5.41, 5.74) is 0. The molecule has 0 amide bonds. The molecule has 0 radical (unpaired) electrons. The largest absolute Gasteiger partial charge is 0.382 e. The van der Waals surface area contributed by atoms with E-state index in [4.69, 9.17) is 27.9 Å². The number of halogens is 3. The van der Waals surface area contributed by atoms with Gasteiger partial charge in [0.25, 0.3) is 0 Å². The van der Waals surface area contributed by atoms with Crippen LogP contribution in [0, 0.1) is 3.57 Å². The van der Waals surface area contributed by atoms with Gasteiger partial charge in [0.05, 0.1) is 5.02 Å². The molecule has 0 unspecified atom stereocenters. The van der Waals surface area contributed by atoms with E-state index in [1.165, 1.54) is 0 Å². The lowest BCUT2D eigenvalue weighted by Crippen LogP contribution is -1.84. The van der Waals surface area contributed by atoms with Crippen LogP contribution in [-0.2, 0) is 4.74 Å². The van der Waals surface area contributed by atoms with E-state index in [9.17, 15) is 0 Å². The van der Waals surface area contributed by atoms with Crippen molar-refractivity contribution in [1.82, 2.24) is 0 Å². The first kappa shape index (κ1) is 18.6. The monoisotopic (exact) mass is 372 g/mol. The zero-order chi connectivity index (χ0) is 11.0.